The first kappa shape index (κ1) is 16.4. The molecular weight excluding hydrogens is 274 g/mol. The van der Waals surface area contributed by atoms with Gasteiger partial charge < -0.3 is 19.3 Å². The van der Waals surface area contributed by atoms with Gasteiger partial charge in [-0.3, -0.25) is 9.69 Å². The molecule has 0 radical (unpaired) electrons. The number of aliphatic hydroxyl groups excluding tert-OH is 1. The molecule has 4 atom stereocenters. The van der Waals surface area contributed by atoms with Crippen LogP contribution in [0.5, 0.6) is 0 Å². The van der Waals surface area contributed by atoms with Gasteiger partial charge in [0.1, 0.15) is 13.3 Å². The second-order valence-corrected chi connectivity index (χ2v) is 6.54. The van der Waals surface area contributed by atoms with Crippen molar-refractivity contribution in [1.29, 1.82) is 0 Å². The van der Waals surface area contributed by atoms with Crippen LogP contribution in [0, 0.1) is 5.41 Å². The van der Waals surface area contributed by atoms with Crippen LogP contribution in [0.1, 0.15) is 20.8 Å². The van der Waals surface area contributed by atoms with E-state index < -0.39 is 11.5 Å². The summed E-state index contributed by atoms with van der Waals surface area (Å²) in [6.45, 7) is 7.25. The number of rotatable bonds is 7. The zero-order valence-electron chi connectivity index (χ0n) is 13.2. The van der Waals surface area contributed by atoms with Crippen LogP contribution in [0.4, 0.5) is 0 Å². The molecule has 1 aliphatic carbocycles. The topological polar surface area (TPSA) is 68.0 Å². The highest BCUT2D eigenvalue weighted by molar-refractivity contribution is 5.75. The molecule has 0 amide bonds. The van der Waals surface area contributed by atoms with E-state index in [2.05, 4.69) is 4.90 Å². The molecule has 0 saturated carbocycles. The molecule has 1 N–H and O–H groups in total. The molecule has 2 rings (SSSR count). The van der Waals surface area contributed by atoms with E-state index in [1.54, 1.807) is 13.2 Å². The fourth-order valence-electron chi connectivity index (χ4n) is 2.51. The Morgan fingerprint density at radius 3 is 2.71 bits per heavy atom. The van der Waals surface area contributed by atoms with E-state index in [0.717, 1.165) is 5.57 Å². The summed E-state index contributed by atoms with van der Waals surface area (Å²) in [5, 5.41) is 9.97. The van der Waals surface area contributed by atoms with Gasteiger partial charge in [-0.15, -0.1) is 0 Å². The molecule has 1 aliphatic heterocycles. The van der Waals surface area contributed by atoms with Crippen LogP contribution in [-0.2, 0) is 19.0 Å². The van der Waals surface area contributed by atoms with Crippen LogP contribution in [-0.4, -0.2) is 67.8 Å². The third-order valence-corrected chi connectivity index (χ3v) is 3.74. The molecule has 0 aromatic carbocycles. The normalized spacial score (nSPS) is 30.8. The summed E-state index contributed by atoms with van der Waals surface area (Å²) < 4.78 is 15.7. The summed E-state index contributed by atoms with van der Waals surface area (Å²) in [6, 6.07) is 0.200. The molecule has 1 unspecified atom stereocenters. The minimum atomic E-state index is -0.510. The number of ether oxygens (including phenoxy) is 3. The number of fused-ring (bicyclic) bond motifs is 1. The van der Waals surface area contributed by atoms with E-state index in [1.807, 2.05) is 20.8 Å². The van der Waals surface area contributed by atoms with E-state index in [0.29, 0.717) is 19.9 Å². The van der Waals surface area contributed by atoms with Crippen LogP contribution in [0.2, 0.25) is 0 Å². The molecule has 0 bridgehead atoms. The Morgan fingerprint density at radius 2 is 2.10 bits per heavy atom. The molecule has 6 nitrogen and oxygen atoms in total. The maximum absolute atomic E-state index is 11.8. The molecule has 120 valence electrons. The highest BCUT2D eigenvalue weighted by Crippen LogP contribution is 2.42. The fourth-order valence-corrected chi connectivity index (χ4v) is 2.51. The number of esters is 1. The lowest BCUT2D eigenvalue weighted by molar-refractivity contribution is -0.151. The van der Waals surface area contributed by atoms with Crippen molar-refractivity contribution in [3.8, 4) is 0 Å². The van der Waals surface area contributed by atoms with Crippen molar-refractivity contribution in [2.75, 3.05) is 33.7 Å². The van der Waals surface area contributed by atoms with Gasteiger partial charge in [0, 0.05) is 7.11 Å². The minimum absolute atomic E-state index is 0.0656. The Morgan fingerprint density at radius 1 is 1.38 bits per heavy atom. The number of hydrogen-bond acceptors (Lipinski definition) is 6. The fraction of sp³-hybridized carbons (Fsp3) is 0.800. The third kappa shape index (κ3) is 3.83. The maximum Gasteiger partial charge on any atom is 0.311 e. The van der Waals surface area contributed by atoms with Crippen LogP contribution >= 0.6 is 0 Å². The minimum Gasteiger partial charge on any atom is -0.461 e. The molecule has 6 heteroatoms. The Balaban J connectivity index is 1.78. The van der Waals surface area contributed by atoms with Crippen LogP contribution in [0.25, 0.3) is 0 Å². The summed E-state index contributed by atoms with van der Waals surface area (Å²) in [6.07, 6.45) is 1.28. The first-order valence-electron chi connectivity index (χ1n) is 7.24. The number of hydrogen-bond donors (Lipinski definition) is 1. The molecular formula is C15H25NO5. The Bertz CT molecular complexity index is 415. The van der Waals surface area contributed by atoms with Crippen LogP contribution in [0.3, 0.4) is 0 Å². The summed E-state index contributed by atoms with van der Waals surface area (Å²) in [5.74, 6) is -0.232. The highest BCUT2D eigenvalue weighted by Gasteiger charge is 2.57. The molecule has 1 heterocycles. The van der Waals surface area contributed by atoms with Crippen molar-refractivity contribution in [3.63, 3.8) is 0 Å². The zero-order valence-corrected chi connectivity index (χ0v) is 13.2. The van der Waals surface area contributed by atoms with Gasteiger partial charge in [-0.25, -0.2) is 0 Å². The van der Waals surface area contributed by atoms with Crippen LogP contribution < -0.4 is 0 Å². The molecule has 0 aromatic heterocycles. The summed E-state index contributed by atoms with van der Waals surface area (Å²) >= 11 is 0. The van der Waals surface area contributed by atoms with Crippen molar-refractivity contribution in [2.24, 2.45) is 5.41 Å². The summed E-state index contributed by atoms with van der Waals surface area (Å²) in [7, 11) is 1.63. The lowest BCUT2D eigenvalue weighted by atomic mass is 9.97. The largest absolute Gasteiger partial charge is 0.461 e. The monoisotopic (exact) mass is 299 g/mol. The van der Waals surface area contributed by atoms with Gasteiger partial charge in [0.25, 0.3) is 0 Å². The SMILES string of the molecule is COCCOCN1[C@@H]2[C@@H](O)C=C(COC(=O)C(C)(C)C)[C@@H]21. The maximum atomic E-state index is 11.8. The van der Waals surface area contributed by atoms with E-state index in [4.69, 9.17) is 14.2 Å². The molecule has 1 fully saturated rings. The first-order valence-corrected chi connectivity index (χ1v) is 7.24. The number of nitrogens with zero attached hydrogens (tertiary/aromatic N) is 1. The van der Waals surface area contributed by atoms with Gasteiger partial charge >= 0.3 is 5.97 Å². The van der Waals surface area contributed by atoms with Crippen molar-refractivity contribution in [2.45, 2.75) is 39.0 Å². The lowest BCUT2D eigenvalue weighted by Crippen LogP contribution is -2.25. The predicted molar refractivity (Wildman–Crippen MR) is 76.6 cm³/mol. The van der Waals surface area contributed by atoms with Gasteiger partial charge in [-0.2, -0.15) is 0 Å². The Hall–Kier alpha value is -0.950. The highest BCUT2D eigenvalue weighted by atomic mass is 16.5. The van der Waals surface area contributed by atoms with Gasteiger partial charge in [0.2, 0.25) is 0 Å². The van der Waals surface area contributed by atoms with Gasteiger partial charge in [0.05, 0.1) is 36.8 Å². The third-order valence-electron chi connectivity index (χ3n) is 3.74. The van der Waals surface area contributed by atoms with E-state index in [9.17, 15) is 9.90 Å². The number of methoxy groups -OCH3 is 1. The van der Waals surface area contributed by atoms with E-state index in [-0.39, 0.29) is 24.7 Å². The van der Waals surface area contributed by atoms with Gasteiger partial charge in [0.15, 0.2) is 0 Å². The summed E-state index contributed by atoms with van der Waals surface area (Å²) in [4.78, 5) is 13.8. The van der Waals surface area contributed by atoms with Crippen LogP contribution in [0.15, 0.2) is 11.6 Å². The second kappa shape index (κ2) is 6.44. The zero-order chi connectivity index (χ0) is 15.6. The average molecular weight is 299 g/mol. The van der Waals surface area contributed by atoms with Gasteiger partial charge in [-0.1, -0.05) is 6.08 Å². The Labute approximate surface area is 125 Å². The molecule has 0 aromatic rings. The molecule has 21 heavy (non-hydrogen) atoms. The van der Waals surface area contributed by atoms with Gasteiger partial charge in [-0.05, 0) is 26.3 Å². The Kier molecular flexibility index (Phi) is 5.03. The summed E-state index contributed by atoms with van der Waals surface area (Å²) in [5.41, 5.74) is 0.449. The number of carbonyl (C=O) groups excluding carboxylic acids is 1. The smallest absolute Gasteiger partial charge is 0.311 e. The van der Waals surface area contributed by atoms with E-state index in [1.165, 1.54) is 0 Å². The average Bonchev–Trinajstić information content (AvgIpc) is 3.02. The molecule has 0 spiro atoms. The van der Waals surface area contributed by atoms with E-state index >= 15 is 0 Å². The standard InChI is InChI=1S/C15H25NO5/c1-15(2,3)14(18)21-8-10-7-11(17)13-12(10)16(13)9-20-6-5-19-4/h7,11-13,17H,5-6,8-9H2,1-4H3/t11-,12-,13+,16?/m0/s1. The molecule has 1 saturated heterocycles. The van der Waals surface area contributed by atoms with Crippen molar-refractivity contribution < 1.29 is 24.1 Å². The number of carbonyl (C=O) groups is 1. The predicted octanol–water partition coefficient (Wildman–Crippen LogP) is 0.550. The lowest BCUT2D eigenvalue weighted by Gasteiger charge is -2.17. The molecule has 2 aliphatic rings. The van der Waals surface area contributed by atoms with Crippen molar-refractivity contribution in [3.05, 3.63) is 11.6 Å². The number of aliphatic hydroxyl groups is 1. The second-order valence-electron chi connectivity index (χ2n) is 6.54. The first-order chi connectivity index (χ1) is 9.86. The van der Waals surface area contributed by atoms with Crippen molar-refractivity contribution in [1.82, 2.24) is 4.90 Å². The van der Waals surface area contributed by atoms with Crippen molar-refractivity contribution >= 4 is 5.97 Å². The quantitative estimate of drug-likeness (QED) is 0.320.